The van der Waals surface area contributed by atoms with Crippen LogP contribution in [0.3, 0.4) is 0 Å². The van der Waals surface area contributed by atoms with Crippen LogP contribution in [0.2, 0.25) is 39.3 Å². The topological polar surface area (TPSA) is 44.8 Å². The Kier molecular flexibility index (Phi) is 16.1. The lowest BCUT2D eigenvalue weighted by Gasteiger charge is -2.35. The van der Waals surface area contributed by atoms with Crippen molar-refractivity contribution >= 4 is 22.6 Å². The zero-order valence-corrected chi connectivity index (χ0v) is 23.4. The molecule has 0 spiro atoms. The van der Waals surface area contributed by atoms with Crippen molar-refractivity contribution in [3.63, 3.8) is 0 Å². The summed E-state index contributed by atoms with van der Waals surface area (Å²) in [5.41, 5.74) is 0. The minimum atomic E-state index is -1.72. The predicted octanol–water partition coefficient (Wildman–Crippen LogP) is 7.41. The van der Waals surface area contributed by atoms with Crippen LogP contribution in [0.25, 0.3) is 0 Å². The molecule has 0 aliphatic rings. The van der Waals surface area contributed by atoms with Crippen molar-refractivity contribution in [1.82, 2.24) is 0 Å². The molecule has 0 aliphatic heterocycles. The van der Waals surface area contributed by atoms with Gasteiger partial charge in [0.1, 0.15) is 0 Å². The van der Waals surface area contributed by atoms with E-state index in [0.29, 0.717) is 6.42 Å². The third-order valence-electron chi connectivity index (χ3n) is 4.46. The Hall–Kier alpha value is -0.956. The number of methoxy groups -OCH3 is 1. The van der Waals surface area contributed by atoms with Crippen LogP contribution >= 0.6 is 0 Å². The van der Waals surface area contributed by atoms with Crippen LogP contribution < -0.4 is 0 Å². The van der Waals surface area contributed by atoms with E-state index in [4.69, 9.17) is 13.6 Å². The molecule has 4 nitrogen and oxygen atoms in total. The molecule has 0 saturated heterocycles. The molecule has 2 atom stereocenters. The second-order valence-electron chi connectivity index (χ2n) is 9.95. The van der Waals surface area contributed by atoms with Crippen LogP contribution in [0, 0.1) is 0 Å². The SMILES string of the molecule is CC\C=C/C=C/C=C/[C@H](O[Si](C)(C)C)[C@H](CCCCCCCC(=O)OC)O[Si](C)(C)C. The Labute approximate surface area is 194 Å². The Bertz CT molecular complexity index is 557. The molecule has 0 fully saturated rings. The highest BCUT2D eigenvalue weighted by Crippen LogP contribution is 2.23. The first-order chi connectivity index (χ1) is 14.5. The van der Waals surface area contributed by atoms with Crippen molar-refractivity contribution in [3.05, 3.63) is 36.5 Å². The van der Waals surface area contributed by atoms with Gasteiger partial charge >= 0.3 is 5.97 Å². The average molecular weight is 469 g/mol. The van der Waals surface area contributed by atoms with Gasteiger partial charge in [0.05, 0.1) is 19.3 Å². The number of carbonyl (C=O) groups is 1. The van der Waals surface area contributed by atoms with Crippen LogP contribution in [0.1, 0.15) is 58.3 Å². The number of hydrogen-bond donors (Lipinski definition) is 0. The quantitative estimate of drug-likeness (QED) is 0.0964. The van der Waals surface area contributed by atoms with Crippen LogP contribution in [-0.4, -0.2) is 41.9 Å². The molecule has 0 rings (SSSR count). The van der Waals surface area contributed by atoms with E-state index in [1.807, 2.05) is 0 Å². The van der Waals surface area contributed by atoms with E-state index in [9.17, 15) is 4.79 Å². The second kappa shape index (κ2) is 16.6. The first-order valence-electron chi connectivity index (χ1n) is 11.9. The largest absolute Gasteiger partial charge is 0.469 e. The van der Waals surface area contributed by atoms with Gasteiger partial charge < -0.3 is 13.6 Å². The second-order valence-corrected chi connectivity index (χ2v) is 18.9. The molecular weight excluding hydrogens is 420 g/mol. The Morgan fingerprint density at radius 1 is 0.806 bits per heavy atom. The highest BCUT2D eigenvalue weighted by Gasteiger charge is 2.30. The van der Waals surface area contributed by atoms with Crippen molar-refractivity contribution in [2.75, 3.05) is 7.11 Å². The fraction of sp³-hybridized carbons (Fsp3) is 0.720. The van der Waals surface area contributed by atoms with Crippen molar-refractivity contribution in [2.45, 2.75) is 110 Å². The maximum absolute atomic E-state index is 11.2. The molecule has 0 aromatic rings. The zero-order chi connectivity index (χ0) is 23.8. The number of rotatable bonds is 17. The lowest BCUT2D eigenvalue weighted by Crippen LogP contribution is -2.43. The first kappa shape index (κ1) is 30.0. The Balaban J connectivity index is 4.95. The lowest BCUT2D eigenvalue weighted by atomic mass is 10.0. The van der Waals surface area contributed by atoms with Gasteiger partial charge in [-0.05, 0) is 58.5 Å². The summed E-state index contributed by atoms with van der Waals surface area (Å²) in [6.07, 6.45) is 20.6. The summed E-state index contributed by atoms with van der Waals surface area (Å²) in [6.45, 7) is 15.6. The van der Waals surface area contributed by atoms with Crippen LogP contribution in [0.4, 0.5) is 0 Å². The Morgan fingerprint density at radius 2 is 1.39 bits per heavy atom. The highest BCUT2D eigenvalue weighted by molar-refractivity contribution is 6.70. The zero-order valence-electron chi connectivity index (χ0n) is 21.4. The van der Waals surface area contributed by atoms with Gasteiger partial charge in [-0.3, -0.25) is 4.79 Å². The fourth-order valence-electron chi connectivity index (χ4n) is 3.16. The molecule has 0 N–H and O–H groups in total. The maximum Gasteiger partial charge on any atom is 0.305 e. The van der Waals surface area contributed by atoms with E-state index in [1.165, 1.54) is 7.11 Å². The van der Waals surface area contributed by atoms with Gasteiger partial charge in [0, 0.05) is 6.42 Å². The van der Waals surface area contributed by atoms with Gasteiger partial charge in [0.2, 0.25) is 0 Å². The number of esters is 1. The van der Waals surface area contributed by atoms with E-state index in [2.05, 4.69) is 82.7 Å². The summed E-state index contributed by atoms with van der Waals surface area (Å²) in [4.78, 5) is 11.2. The number of unbranched alkanes of at least 4 members (excludes halogenated alkanes) is 4. The number of allylic oxidation sites excluding steroid dienone is 5. The number of ether oxygens (including phenoxy) is 1. The maximum atomic E-state index is 11.2. The molecule has 0 unspecified atom stereocenters. The molecule has 0 aliphatic carbocycles. The third-order valence-corrected chi connectivity index (χ3v) is 6.45. The third kappa shape index (κ3) is 19.5. The molecule has 0 aromatic carbocycles. The summed E-state index contributed by atoms with van der Waals surface area (Å²) in [6, 6.07) is 0. The Morgan fingerprint density at radius 3 is 1.97 bits per heavy atom. The van der Waals surface area contributed by atoms with Gasteiger partial charge in [0.25, 0.3) is 0 Å². The average Bonchev–Trinajstić information content (AvgIpc) is 2.66. The number of carbonyl (C=O) groups excluding carboxylic acids is 1. The molecular formula is C25H48O4Si2. The molecule has 180 valence electrons. The van der Waals surface area contributed by atoms with E-state index < -0.39 is 16.6 Å². The van der Waals surface area contributed by atoms with Crippen molar-refractivity contribution < 1.29 is 18.4 Å². The van der Waals surface area contributed by atoms with Crippen LogP contribution in [0.5, 0.6) is 0 Å². The lowest BCUT2D eigenvalue weighted by molar-refractivity contribution is -0.140. The van der Waals surface area contributed by atoms with Crippen molar-refractivity contribution in [2.24, 2.45) is 0 Å². The minimum absolute atomic E-state index is 0.0162. The van der Waals surface area contributed by atoms with Gasteiger partial charge in [-0.2, -0.15) is 0 Å². The molecule has 0 amide bonds. The highest BCUT2D eigenvalue weighted by atomic mass is 28.4. The predicted molar refractivity (Wildman–Crippen MR) is 138 cm³/mol. The summed E-state index contributed by atoms with van der Waals surface area (Å²) in [5.74, 6) is -0.110. The molecule has 0 bridgehead atoms. The number of hydrogen-bond acceptors (Lipinski definition) is 4. The normalized spacial score (nSPS) is 15.2. The van der Waals surface area contributed by atoms with E-state index in [-0.39, 0.29) is 18.2 Å². The summed E-state index contributed by atoms with van der Waals surface area (Å²) < 4.78 is 17.9. The van der Waals surface area contributed by atoms with E-state index >= 15 is 0 Å². The van der Waals surface area contributed by atoms with E-state index in [0.717, 1.165) is 44.9 Å². The fourth-order valence-corrected chi connectivity index (χ4v) is 5.36. The van der Waals surface area contributed by atoms with Gasteiger partial charge in [-0.25, -0.2) is 0 Å². The van der Waals surface area contributed by atoms with Gasteiger partial charge in [-0.1, -0.05) is 69.1 Å². The molecule has 31 heavy (non-hydrogen) atoms. The standard InChI is InChI=1S/C25H48O4Si2/c1-9-10-11-12-14-17-20-23(28-30(3,4)5)24(29-31(6,7)8)21-18-15-13-16-19-22-25(26)27-2/h10-12,14,17,20,23-24H,9,13,15-16,18-19,21-22H2,1-8H3/b11-10-,14-12+,20-17+/t23-,24-/m0/s1. The van der Waals surface area contributed by atoms with Gasteiger partial charge in [0.15, 0.2) is 16.6 Å². The van der Waals surface area contributed by atoms with Gasteiger partial charge in [-0.15, -0.1) is 0 Å². The summed E-state index contributed by atoms with van der Waals surface area (Å²) >= 11 is 0. The molecule has 0 heterocycles. The molecule has 0 radical (unpaired) electrons. The molecule has 6 heteroatoms. The minimum Gasteiger partial charge on any atom is -0.469 e. The van der Waals surface area contributed by atoms with E-state index in [1.54, 1.807) is 0 Å². The smallest absolute Gasteiger partial charge is 0.305 e. The van der Waals surface area contributed by atoms with Crippen LogP contribution in [0.15, 0.2) is 36.5 Å². The van der Waals surface area contributed by atoms with Crippen LogP contribution in [-0.2, 0) is 18.4 Å². The molecule has 0 saturated carbocycles. The molecule has 0 aromatic heterocycles. The first-order valence-corrected chi connectivity index (χ1v) is 18.7. The van der Waals surface area contributed by atoms with Crippen molar-refractivity contribution in [1.29, 1.82) is 0 Å². The summed E-state index contributed by atoms with van der Waals surface area (Å²) in [7, 11) is -1.97. The van der Waals surface area contributed by atoms with Crippen molar-refractivity contribution in [3.8, 4) is 0 Å². The summed E-state index contributed by atoms with van der Waals surface area (Å²) in [5, 5.41) is 0. The monoisotopic (exact) mass is 468 g/mol.